The Balaban J connectivity index is 1.74. The van der Waals surface area contributed by atoms with Gasteiger partial charge >= 0.3 is 6.03 Å². The van der Waals surface area contributed by atoms with Gasteiger partial charge in [0.25, 0.3) is 5.56 Å². The van der Waals surface area contributed by atoms with Crippen LogP contribution in [0.15, 0.2) is 71.7 Å². The summed E-state index contributed by atoms with van der Waals surface area (Å²) in [6.07, 6.45) is 1.66. The van der Waals surface area contributed by atoms with Crippen LogP contribution in [0.25, 0.3) is 0 Å². The lowest BCUT2D eigenvalue weighted by Gasteiger charge is -2.11. The van der Waals surface area contributed by atoms with Crippen molar-refractivity contribution in [1.29, 1.82) is 0 Å². The van der Waals surface area contributed by atoms with Crippen LogP contribution in [0.4, 0.5) is 16.2 Å². The predicted octanol–water partition coefficient (Wildman–Crippen LogP) is 4.50. The molecule has 0 spiro atoms. The fraction of sp³-hybridized carbons (Fsp3) is 0.100. The van der Waals surface area contributed by atoms with E-state index in [9.17, 15) is 9.59 Å². The maximum Gasteiger partial charge on any atom is 0.323 e. The highest BCUT2D eigenvalue weighted by molar-refractivity contribution is 6.31. The van der Waals surface area contributed by atoms with Gasteiger partial charge in [0.15, 0.2) is 0 Å². The highest BCUT2D eigenvalue weighted by Crippen LogP contribution is 2.16. The molecule has 3 aromatic rings. The molecule has 2 aromatic carbocycles. The molecule has 0 saturated heterocycles. The zero-order valence-electron chi connectivity index (χ0n) is 14.2. The molecule has 1 heterocycles. The van der Waals surface area contributed by atoms with Crippen molar-refractivity contribution in [3.05, 3.63) is 93.4 Å². The molecular weight excluding hydrogens is 350 g/mol. The van der Waals surface area contributed by atoms with Gasteiger partial charge in [-0.25, -0.2) is 4.79 Å². The van der Waals surface area contributed by atoms with E-state index in [4.69, 9.17) is 11.6 Å². The third kappa shape index (κ3) is 4.32. The third-order valence-electron chi connectivity index (χ3n) is 3.88. The number of rotatable bonds is 4. The molecular formula is C20H18ClN3O2. The van der Waals surface area contributed by atoms with Gasteiger partial charge in [-0.05, 0) is 42.8 Å². The topological polar surface area (TPSA) is 63.1 Å². The summed E-state index contributed by atoms with van der Waals surface area (Å²) < 4.78 is 1.50. The molecule has 0 unspecified atom stereocenters. The van der Waals surface area contributed by atoms with Crippen molar-refractivity contribution >= 4 is 29.0 Å². The zero-order chi connectivity index (χ0) is 18.5. The number of nitrogens with one attached hydrogen (secondary N) is 2. The Labute approximate surface area is 156 Å². The molecule has 26 heavy (non-hydrogen) atoms. The van der Waals surface area contributed by atoms with Crippen molar-refractivity contribution in [2.75, 3.05) is 10.6 Å². The van der Waals surface area contributed by atoms with E-state index in [1.165, 1.54) is 4.57 Å². The number of hydrogen-bond acceptors (Lipinski definition) is 2. The molecule has 1 aromatic heterocycles. The number of amides is 2. The monoisotopic (exact) mass is 367 g/mol. The molecule has 6 heteroatoms. The predicted molar refractivity (Wildman–Crippen MR) is 105 cm³/mol. The average molecular weight is 368 g/mol. The van der Waals surface area contributed by atoms with Gasteiger partial charge in [0.2, 0.25) is 0 Å². The van der Waals surface area contributed by atoms with Crippen LogP contribution in [0.5, 0.6) is 0 Å². The van der Waals surface area contributed by atoms with E-state index in [0.717, 1.165) is 11.1 Å². The fourth-order valence-electron chi connectivity index (χ4n) is 2.49. The van der Waals surface area contributed by atoms with Crippen molar-refractivity contribution in [1.82, 2.24) is 4.57 Å². The number of pyridine rings is 1. The maximum absolute atomic E-state index is 12.6. The van der Waals surface area contributed by atoms with Gasteiger partial charge in [0.05, 0.1) is 6.54 Å². The molecule has 5 nitrogen and oxygen atoms in total. The normalized spacial score (nSPS) is 10.4. The fourth-order valence-corrected chi connectivity index (χ4v) is 2.68. The van der Waals surface area contributed by atoms with Crippen LogP contribution in [0, 0.1) is 6.92 Å². The Morgan fingerprint density at radius 2 is 1.73 bits per heavy atom. The van der Waals surface area contributed by atoms with Gasteiger partial charge in [0, 0.05) is 16.9 Å². The highest BCUT2D eigenvalue weighted by atomic mass is 35.5. The number of nitrogens with zero attached hydrogens (tertiary/aromatic N) is 1. The number of carbonyl (C=O) groups is 1. The molecule has 132 valence electrons. The van der Waals surface area contributed by atoms with Crippen LogP contribution < -0.4 is 16.2 Å². The van der Waals surface area contributed by atoms with Crippen LogP contribution in [-0.4, -0.2) is 10.6 Å². The molecule has 0 aliphatic rings. The van der Waals surface area contributed by atoms with Crippen molar-refractivity contribution in [2.24, 2.45) is 0 Å². The lowest BCUT2D eigenvalue weighted by molar-refractivity contribution is 0.262. The van der Waals surface area contributed by atoms with Gasteiger partial charge in [-0.15, -0.1) is 0 Å². The summed E-state index contributed by atoms with van der Waals surface area (Å²) in [6, 6.07) is 17.5. The molecule has 0 saturated carbocycles. The first-order valence-electron chi connectivity index (χ1n) is 8.10. The Bertz CT molecular complexity index is 981. The smallest absolute Gasteiger partial charge is 0.309 e. The molecule has 0 radical (unpaired) electrons. The van der Waals surface area contributed by atoms with Crippen molar-refractivity contribution in [3.63, 3.8) is 0 Å². The minimum absolute atomic E-state index is 0.198. The van der Waals surface area contributed by atoms with Crippen LogP contribution in [0.2, 0.25) is 5.02 Å². The Hall–Kier alpha value is -3.05. The number of benzene rings is 2. The van der Waals surface area contributed by atoms with E-state index < -0.39 is 6.03 Å². The molecule has 0 aliphatic heterocycles. The Morgan fingerprint density at radius 3 is 2.46 bits per heavy atom. The first-order chi connectivity index (χ1) is 12.5. The standard InChI is InChI=1S/C20H18ClN3O2/c1-14-8-10-16(11-9-14)22-20(26)23-18-7-4-12-24(19(18)25)13-15-5-2-3-6-17(15)21/h2-12H,13H2,1H3,(H2,22,23,26). The minimum atomic E-state index is -0.471. The zero-order valence-corrected chi connectivity index (χ0v) is 15.0. The Morgan fingerprint density at radius 1 is 1.00 bits per heavy atom. The van der Waals surface area contributed by atoms with Crippen LogP contribution in [0.3, 0.4) is 0 Å². The largest absolute Gasteiger partial charge is 0.323 e. The van der Waals surface area contributed by atoms with Crippen molar-refractivity contribution in [3.8, 4) is 0 Å². The number of urea groups is 1. The summed E-state index contributed by atoms with van der Waals surface area (Å²) in [7, 11) is 0. The summed E-state index contributed by atoms with van der Waals surface area (Å²) in [5.74, 6) is 0. The van der Waals surface area contributed by atoms with Gasteiger partial charge < -0.3 is 15.2 Å². The van der Waals surface area contributed by atoms with E-state index in [2.05, 4.69) is 10.6 Å². The van der Waals surface area contributed by atoms with E-state index in [0.29, 0.717) is 17.3 Å². The van der Waals surface area contributed by atoms with Crippen molar-refractivity contribution < 1.29 is 4.79 Å². The second-order valence-electron chi connectivity index (χ2n) is 5.89. The number of halogens is 1. The van der Waals surface area contributed by atoms with Gasteiger partial charge in [-0.2, -0.15) is 0 Å². The van der Waals surface area contributed by atoms with Gasteiger partial charge in [-0.3, -0.25) is 4.79 Å². The van der Waals surface area contributed by atoms with E-state index in [-0.39, 0.29) is 11.2 Å². The van der Waals surface area contributed by atoms with E-state index in [1.807, 2.05) is 37.3 Å². The number of aryl methyl sites for hydroxylation is 1. The number of aromatic nitrogens is 1. The Kier molecular flexibility index (Phi) is 5.39. The van der Waals surface area contributed by atoms with Crippen LogP contribution in [0.1, 0.15) is 11.1 Å². The van der Waals surface area contributed by atoms with Crippen LogP contribution >= 0.6 is 11.6 Å². The summed E-state index contributed by atoms with van der Waals surface area (Å²) in [4.78, 5) is 24.7. The molecule has 0 fully saturated rings. The van der Waals surface area contributed by atoms with E-state index >= 15 is 0 Å². The second-order valence-corrected chi connectivity index (χ2v) is 6.30. The van der Waals surface area contributed by atoms with Crippen molar-refractivity contribution in [2.45, 2.75) is 13.5 Å². The van der Waals surface area contributed by atoms with E-state index in [1.54, 1.807) is 36.5 Å². The quantitative estimate of drug-likeness (QED) is 0.713. The minimum Gasteiger partial charge on any atom is -0.309 e. The number of carbonyl (C=O) groups excluding carboxylic acids is 1. The van der Waals surface area contributed by atoms with Gasteiger partial charge in [0.1, 0.15) is 5.69 Å². The second kappa shape index (κ2) is 7.89. The molecule has 2 amide bonds. The molecule has 0 atom stereocenters. The first kappa shape index (κ1) is 17.8. The molecule has 0 aliphatic carbocycles. The lowest BCUT2D eigenvalue weighted by atomic mass is 10.2. The molecule has 3 rings (SSSR count). The lowest BCUT2D eigenvalue weighted by Crippen LogP contribution is -2.28. The molecule has 2 N–H and O–H groups in total. The van der Waals surface area contributed by atoms with Gasteiger partial charge in [-0.1, -0.05) is 47.5 Å². The summed E-state index contributed by atoms with van der Waals surface area (Å²) in [5, 5.41) is 5.89. The van der Waals surface area contributed by atoms with Crippen LogP contribution in [-0.2, 0) is 6.54 Å². The number of anilines is 2. The molecule has 0 bridgehead atoms. The SMILES string of the molecule is Cc1ccc(NC(=O)Nc2cccn(Cc3ccccc3Cl)c2=O)cc1. The third-order valence-corrected chi connectivity index (χ3v) is 4.25. The number of hydrogen-bond donors (Lipinski definition) is 2. The summed E-state index contributed by atoms with van der Waals surface area (Å²) in [5.41, 5.74) is 2.48. The average Bonchev–Trinajstić information content (AvgIpc) is 2.62. The summed E-state index contributed by atoms with van der Waals surface area (Å²) >= 11 is 6.16. The first-order valence-corrected chi connectivity index (χ1v) is 8.48. The maximum atomic E-state index is 12.6. The highest BCUT2D eigenvalue weighted by Gasteiger charge is 2.09. The summed E-state index contributed by atoms with van der Waals surface area (Å²) in [6.45, 7) is 2.29.